The van der Waals surface area contributed by atoms with Gasteiger partial charge in [-0.1, -0.05) is 147 Å². The van der Waals surface area contributed by atoms with Crippen molar-refractivity contribution >= 4 is 5.78 Å². The van der Waals surface area contributed by atoms with E-state index < -0.39 is 0 Å². The van der Waals surface area contributed by atoms with Crippen molar-refractivity contribution < 1.29 is 14.3 Å². The first-order valence-electron chi connectivity index (χ1n) is 19.2. The standard InChI is InChI=1S/C17H21NO.C17H21N.C14H21NO2/c1-13(2)18-17(14-7-5-4-6-8-14)15-9-11-16(19-3)12-10-15;1-13(2)18-17(15-7-5-4-6-8-15)16-11-9-14(3)10-12-16;1-11(2)15-14(10-17-9-12(3)16)13-7-5-4-6-8-13/h4-13,17-18H,1-3H3;4-13,17-18H,1-3H3;4-8,11,14-15H,9-10H2,1-3H3/t2*17-;14-/m111/s1. The Balaban J connectivity index is 0.000000218. The summed E-state index contributed by atoms with van der Waals surface area (Å²) in [6, 6.07) is 50.2. The van der Waals surface area contributed by atoms with Crippen LogP contribution in [0, 0.1) is 6.92 Å². The molecule has 0 bridgehead atoms. The van der Waals surface area contributed by atoms with Gasteiger partial charge in [0.2, 0.25) is 0 Å². The quantitative estimate of drug-likeness (QED) is 0.0940. The summed E-state index contributed by atoms with van der Waals surface area (Å²) in [5, 5.41) is 10.7. The van der Waals surface area contributed by atoms with Crippen molar-refractivity contribution in [3.8, 4) is 5.75 Å². The van der Waals surface area contributed by atoms with E-state index in [1.165, 1.54) is 40.3 Å². The molecular formula is C48H63N3O3. The molecule has 0 unspecified atom stereocenters. The fourth-order valence-corrected chi connectivity index (χ4v) is 5.93. The van der Waals surface area contributed by atoms with Gasteiger partial charge in [-0.2, -0.15) is 0 Å². The average molecular weight is 730 g/mol. The highest BCUT2D eigenvalue weighted by Crippen LogP contribution is 2.25. The van der Waals surface area contributed by atoms with Crippen LogP contribution in [0.1, 0.15) is 100.0 Å². The van der Waals surface area contributed by atoms with E-state index in [0.29, 0.717) is 24.7 Å². The molecule has 0 heterocycles. The molecule has 0 saturated heterocycles. The van der Waals surface area contributed by atoms with Crippen LogP contribution in [0.25, 0.3) is 0 Å². The van der Waals surface area contributed by atoms with Gasteiger partial charge in [-0.05, 0) is 81.5 Å². The lowest BCUT2D eigenvalue weighted by Crippen LogP contribution is -2.31. The van der Waals surface area contributed by atoms with Gasteiger partial charge in [0.05, 0.1) is 31.8 Å². The second kappa shape index (κ2) is 23.9. The molecule has 288 valence electrons. The van der Waals surface area contributed by atoms with Crippen LogP contribution in [0.2, 0.25) is 0 Å². The largest absolute Gasteiger partial charge is 0.497 e. The molecule has 0 aromatic heterocycles. The summed E-state index contributed by atoms with van der Waals surface area (Å²) in [5.74, 6) is 0.946. The molecule has 5 aromatic carbocycles. The van der Waals surface area contributed by atoms with Crippen LogP contribution in [0.15, 0.2) is 140 Å². The predicted octanol–water partition coefficient (Wildman–Crippen LogP) is 10.2. The highest BCUT2D eigenvalue weighted by Gasteiger charge is 2.16. The highest BCUT2D eigenvalue weighted by molar-refractivity contribution is 5.76. The van der Waals surface area contributed by atoms with Crippen molar-refractivity contribution in [3.63, 3.8) is 0 Å². The Morgan fingerprint density at radius 3 is 1.26 bits per heavy atom. The Morgan fingerprint density at radius 1 is 0.519 bits per heavy atom. The lowest BCUT2D eigenvalue weighted by atomic mass is 9.97. The summed E-state index contributed by atoms with van der Waals surface area (Å²) >= 11 is 0. The number of Topliss-reactive ketones (excluding diaryl/α,β-unsaturated/α-hetero) is 1. The maximum Gasteiger partial charge on any atom is 0.155 e. The van der Waals surface area contributed by atoms with E-state index in [4.69, 9.17) is 9.47 Å². The Morgan fingerprint density at radius 2 is 0.889 bits per heavy atom. The summed E-state index contributed by atoms with van der Waals surface area (Å²) in [4.78, 5) is 10.8. The number of hydrogen-bond acceptors (Lipinski definition) is 6. The topological polar surface area (TPSA) is 71.6 Å². The van der Waals surface area contributed by atoms with E-state index in [0.717, 1.165) is 5.75 Å². The van der Waals surface area contributed by atoms with E-state index in [1.54, 1.807) is 7.11 Å². The number of carbonyl (C=O) groups excluding carboxylic acids is 1. The zero-order valence-electron chi connectivity index (χ0n) is 33.9. The Labute approximate surface area is 325 Å². The summed E-state index contributed by atoms with van der Waals surface area (Å²) in [7, 11) is 1.69. The maximum absolute atomic E-state index is 10.8. The number of hydrogen-bond donors (Lipinski definition) is 3. The van der Waals surface area contributed by atoms with Gasteiger partial charge in [0.1, 0.15) is 12.4 Å². The molecule has 54 heavy (non-hydrogen) atoms. The number of nitrogens with one attached hydrogen (secondary N) is 3. The molecule has 5 aromatic rings. The number of methoxy groups -OCH3 is 1. The van der Waals surface area contributed by atoms with Gasteiger partial charge in [-0.25, -0.2) is 0 Å². The minimum Gasteiger partial charge on any atom is -0.497 e. The highest BCUT2D eigenvalue weighted by atomic mass is 16.5. The van der Waals surface area contributed by atoms with E-state index in [-0.39, 0.29) is 30.5 Å². The molecule has 0 aliphatic heterocycles. The molecule has 0 spiro atoms. The van der Waals surface area contributed by atoms with Crippen molar-refractivity contribution in [1.82, 2.24) is 16.0 Å². The minimum atomic E-state index is 0.0568. The van der Waals surface area contributed by atoms with Crippen LogP contribution in [-0.2, 0) is 9.53 Å². The lowest BCUT2D eigenvalue weighted by Gasteiger charge is -2.22. The molecule has 0 aliphatic carbocycles. The van der Waals surface area contributed by atoms with E-state index >= 15 is 0 Å². The lowest BCUT2D eigenvalue weighted by molar-refractivity contribution is -0.121. The van der Waals surface area contributed by atoms with E-state index in [1.807, 2.05) is 36.4 Å². The SMILES string of the molecule is CC(=O)COC[C@@H](NC(C)C)c1ccccc1.COc1ccc([C@H](NC(C)C)c2ccccc2)cc1.Cc1ccc([C@H](NC(C)C)c2ccccc2)cc1. The van der Waals surface area contributed by atoms with Crippen LogP contribution in [0.5, 0.6) is 5.75 Å². The third-order valence-electron chi connectivity index (χ3n) is 8.45. The molecule has 5 rings (SSSR count). The van der Waals surface area contributed by atoms with E-state index in [2.05, 4.69) is 168 Å². The first kappa shape index (κ1) is 43.8. The second-order valence-electron chi connectivity index (χ2n) is 14.5. The number of benzene rings is 5. The van der Waals surface area contributed by atoms with Gasteiger partial charge >= 0.3 is 0 Å². The molecule has 0 amide bonds. The van der Waals surface area contributed by atoms with Gasteiger partial charge in [-0.15, -0.1) is 0 Å². The first-order valence-corrected chi connectivity index (χ1v) is 19.2. The third kappa shape index (κ3) is 16.2. The smallest absolute Gasteiger partial charge is 0.155 e. The summed E-state index contributed by atoms with van der Waals surface area (Å²) in [6.07, 6.45) is 0. The number of rotatable bonds is 16. The van der Waals surface area contributed by atoms with Gasteiger partial charge in [0.25, 0.3) is 0 Å². The minimum absolute atomic E-state index is 0.0568. The number of ether oxygens (including phenoxy) is 2. The van der Waals surface area contributed by atoms with Crippen molar-refractivity contribution in [2.24, 2.45) is 0 Å². The number of ketones is 1. The van der Waals surface area contributed by atoms with Crippen molar-refractivity contribution in [3.05, 3.63) is 173 Å². The molecule has 3 N–H and O–H groups in total. The normalized spacial score (nSPS) is 12.6. The molecule has 0 fully saturated rings. The Hall–Kier alpha value is -4.59. The Bertz CT molecular complexity index is 1710. The average Bonchev–Trinajstić information content (AvgIpc) is 3.17. The molecular weight excluding hydrogens is 667 g/mol. The fourth-order valence-electron chi connectivity index (χ4n) is 5.93. The van der Waals surface area contributed by atoms with Gasteiger partial charge in [-0.3, -0.25) is 4.79 Å². The van der Waals surface area contributed by atoms with Crippen LogP contribution in [0.4, 0.5) is 0 Å². The third-order valence-corrected chi connectivity index (χ3v) is 8.45. The van der Waals surface area contributed by atoms with Gasteiger partial charge < -0.3 is 25.4 Å². The van der Waals surface area contributed by atoms with Crippen molar-refractivity contribution in [1.29, 1.82) is 0 Å². The molecule has 3 atom stereocenters. The van der Waals surface area contributed by atoms with Crippen LogP contribution >= 0.6 is 0 Å². The van der Waals surface area contributed by atoms with Gasteiger partial charge in [0, 0.05) is 18.1 Å². The second-order valence-corrected chi connectivity index (χ2v) is 14.5. The predicted molar refractivity (Wildman–Crippen MR) is 226 cm³/mol. The molecule has 0 radical (unpaired) electrons. The first-order chi connectivity index (χ1) is 26.0. The zero-order valence-corrected chi connectivity index (χ0v) is 33.9. The zero-order chi connectivity index (χ0) is 39.3. The van der Waals surface area contributed by atoms with Crippen LogP contribution in [-0.4, -0.2) is 44.2 Å². The summed E-state index contributed by atoms with van der Waals surface area (Å²) < 4.78 is 10.6. The molecule has 6 heteroatoms. The van der Waals surface area contributed by atoms with Crippen molar-refractivity contribution in [2.75, 3.05) is 20.3 Å². The van der Waals surface area contributed by atoms with Crippen molar-refractivity contribution in [2.45, 2.75) is 91.6 Å². The Kier molecular flexibility index (Phi) is 19.4. The number of aryl methyl sites for hydroxylation is 1. The summed E-state index contributed by atoms with van der Waals surface area (Å²) in [5.41, 5.74) is 7.65. The van der Waals surface area contributed by atoms with Crippen LogP contribution < -0.4 is 20.7 Å². The van der Waals surface area contributed by atoms with Gasteiger partial charge in [0.15, 0.2) is 5.78 Å². The van der Waals surface area contributed by atoms with E-state index in [9.17, 15) is 4.79 Å². The molecule has 6 nitrogen and oxygen atoms in total. The number of carbonyl (C=O) groups is 1. The summed E-state index contributed by atoms with van der Waals surface area (Å²) in [6.45, 7) is 17.3. The maximum atomic E-state index is 10.8. The molecule has 0 saturated carbocycles. The molecule has 0 aliphatic rings. The fraction of sp³-hybridized carbons (Fsp3) is 0.354. The van der Waals surface area contributed by atoms with Crippen LogP contribution in [0.3, 0.4) is 0 Å². The monoisotopic (exact) mass is 729 g/mol.